The molecule has 1 saturated heterocycles. The number of nitrogens with two attached hydrogens (primary N) is 1. The van der Waals surface area contributed by atoms with E-state index in [2.05, 4.69) is 16.8 Å². The molecule has 2 rings (SSSR count). The highest BCUT2D eigenvalue weighted by molar-refractivity contribution is 5.38. The van der Waals surface area contributed by atoms with E-state index in [9.17, 15) is 10.2 Å². The van der Waals surface area contributed by atoms with E-state index in [1.54, 1.807) is 6.20 Å². The molecule has 112 valence electrons. The summed E-state index contributed by atoms with van der Waals surface area (Å²) in [5.41, 5.74) is 6.52. The van der Waals surface area contributed by atoms with Crippen LogP contribution in [0.5, 0.6) is 0 Å². The van der Waals surface area contributed by atoms with E-state index in [0.717, 1.165) is 31.4 Å². The van der Waals surface area contributed by atoms with Gasteiger partial charge in [-0.25, -0.2) is 4.98 Å². The number of aliphatic hydroxyl groups is 2. The van der Waals surface area contributed by atoms with Crippen LogP contribution in [0.25, 0.3) is 0 Å². The van der Waals surface area contributed by atoms with Crippen LogP contribution < -0.4 is 5.73 Å². The van der Waals surface area contributed by atoms with Crippen molar-refractivity contribution < 1.29 is 10.2 Å². The lowest BCUT2D eigenvalue weighted by Crippen LogP contribution is -2.52. The van der Waals surface area contributed by atoms with Crippen molar-refractivity contribution in [2.45, 2.75) is 38.8 Å². The highest BCUT2D eigenvalue weighted by atomic mass is 16.3. The third kappa shape index (κ3) is 3.11. The van der Waals surface area contributed by atoms with Crippen LogP contribution in [0.4, 0.5) is 5.82 Å². The molecule has 0 spiro atoms. The Bertz CT molecular complexity index is 441. The summed E-state index contributed by atoms with van der Waals surface area (Å²) in [5, 5.41) is 20.1. The van der Waals surface area contributed by atoms with Crippen LogP contribution in [0.1, 0.15) is 31.7 Å². The molecule has 1 aliphatic rings. The van der Waals surface area contributed by atoms with Gasteiger partial charge in [-0.05, 0) is 25.5 Å². The fraction of sp³-hybridized carbons (Fsp3) is 0.667. The largest absolute Gasteiger partial charge is 0.396 e. The van der Waals surface area contributed by atoms with Crippen molar-refractivity contribution in [1.29, 1.82) is 0 Å². The molecule has 20 heavy (non-hydrogen) atoms. The molecule has 1 aliphatic heterocycles. The minimum atomic E-state index is -0.487. The number of nitrogen functional groups attached to an aromatic ring is 1. The van der Waals surface area contributed by atoms with Gasteiger partial charge in [0, 0.05) is 30.3 Å². The van der Waals surface area contributed by atoms with E-state index in [4.69, 9.17) is 5.73 Å². The number of nitrogens with zero attached hydrogens (tertiary/aromatic N) is 2. The Labute approximate surface area is 120 Å². The lowest BCUT2D eigenvalue weighted by atomic mass is 9.73. The minimum Gasteiger partial charge on any atom is -0.396 e. The zero-order valence-corrected chi connectivity index (χ0v) is 12.1. The van der Waals surface area contributed by atoms with E-state index >= 15 is 0 Å². The van der Waals surface area contributed by atoms with Crippen LogP contribution in [-0.4, -0.2) is 45.9 Å². The second-order valence-electron chi connectivity index (χ2n) is 5.82. The number of hydrogen-bond donors (Lipinski definition) is 3. The van der Waals surface area contributed by atoms with Crippen LogP contribution >= 0.6 is 0 Å². The van der Waals surface area contributed by atoms with E-state index in [-0.39, 0.29) is 12.0 Å². The zero-order valence-electron chi connectivity index (χ0n) is 12.1. The van der Waals surface area contributed by atoms with Crippen molar-refractivity contribution in [3.05, 3.63) is 23.9 Å². The molecule has 1 aromatic heterocycles. The van der Waals surface area contributed by atoms with Crippen molar-refractivity contribution in [3.63, 3.8) is 0 Å². The molecule has 4 N–H and O–H groups in total. The molecule has 0 aromatic carbocycles. The molecule has 0 amide bonds. The summed E-state index contributed by atoms with van der Waals surface area (Å²) in [6.45, 7) is 4.29. The third-order valence-corrected chi connectivity index (χ3v) is 4.45. The number of pyridine rings is 1. The number of hydrogen-bond acceptors (Lipinski definition) is 5. The molecule has 0 aliphatic carbocycles. The molecule has 2 heterocycles. The Kier molecular flexibility index (Phi) is 4.96. The highest BCUT2D eigenvalue weighted by Crippen LogP contribution is 2.36. The second kappa shape index (κ2) is 6.52. The number of β-amino-alcohol motifs (C(OH)–C–C–N with tert-alkyl or cyclic N) is 1. The van der Waals surface area contributed by atoms with Crippen molar-refractivity contribution >= 4 is 5.82 Å². The van der Waals surface area contributed by atoms with E-state index < -0.39 is 6.10 Å². The molecular formula is C15H25N3O2. The van der Waals surface area contributed by atoms with Gasteiger partial charge in [0.15, 0.2) is 0 Å². The maximum Gasteiger partial charge on any atom is 0.127 e. The molecule has 0 radical (unpaired) electrons. The van der Waals surface area contributed by atoms with Crippen molar-refractivity contribution in [2.24, 2.45) is 5.41 Å². The SMILES string of the molecule is CCC[C@]1(CO)CCN(Cc2cccnc2N)C[C@@H]1O. The monoisotopic (exact) mass is 279 g/mol. The van der Waals surface area contributed by atoms with Crippen LogP contribution in [0.3, 0.4) is 0 Å². The number of anilines is 1. The average Bonchev–Trinajstić information content (AvgIpc) is 2.45. The smallest absolute Gasteiger partial charge is 0.127 e. The van der Waals surface area contributed by atoms with Crippen LogP contribution in [0.2, 0.25) is 0 Å². The predicted molar refractivity (Wildman–Crippen MR) is 79.0 cm³/mol. The first-order valence-electron chi connectivity index (χ1n) is 7.32. The van der Waals surface area contributed by atoms with Gasteiger partial charge in [-0.2, -0.15) is 0 Å². The molecule has 1 fully saturated rings. The van der Waals surface area contributed by atoms with Gasteiger partial charge >= 0.3 is 0 Å². The molecular weight excluding hydrogens is 254 g/mol. The minimum absolute atomic E-state index is 0.0604. The number of aromatic nitrogens is 1. The number of piperidine rings is 1. The first kappa shape index (κ1) is 15.2. The summed E-state index contributed by atoms with van der Waals surface area (Å²) in [5.74, 6) is 0.551. The van der Waals surface area contributed by atoms with Gasteiger partial charge in [-0.1, -0.05) is 19.4 Å². The summed E-state index contributed by atoms with van der Waals surface area (Å²) in [6, 6.07) is 3.84. The zero-order chi connectivity index (χ0) is 14.6. The molecule has 0 bridgehead atoms. The predicted octanol–water partition coefficient (Wildman–Crippen LogP) is 1.01. The van der Waals surface area contributed by atoms with E-state index in [0.29, 0.717) is 18.9 Å². The Hall–Kier alpha value is -1.17. The molecule has 2 atom stereocenters. The average molecular weight is 279 g/mol. The standard InChI is InChI=1S/C15H25N3O2/c1-2-5-15(11-19)6-8-18(10-13(15)20)9-12-4-3-7-17-14(12)16/h3-4,7,13,19-20H,2,5-6,8-11H2,1H3,(H2,16,17)/t13-,15+/m0/s1. The topological polar surface area (TPSA) is 82.6 Å². The maximum atomic E-state index is 10.4. The van der Waals surface area contributed by atoms with Crippen molar-refractivity contribution in [3.8, 4) is 0 Å². The molecule has 1 aromatic rings. The first-order valence-corrected chi connectivity index (χ1v) is 7.32. The highest BCUT2D eigenvalue weighted by Gasteiger charge is 2.40. The van der Waals surface area contributed by atoms with Crippen LogP contribution in [0, 0.1) is 5.41 Å². The molecule has 5 heteroatoms. The van der Waals surface area contributed by atoms with E-state index in [1.807, 2.05) is 12.1 Å². The van der Waals surface area contributed by atoms with Gasteiger partial charge in [-0.15, -0.1) is 0 Å². The Morgan fingerprint density at radius 2 is 2.35 bits per heavy atom. The van der Waals surface area contributed by atoms with Gasteiger partial charge in [0.2, 0.25) is 0 Å². The van der Waals surface area contributed by atoms with Crippen molar-refractivity contribution in [1.82, 2.24) is 9.88 Å². The summed E-state index contributed by atoms with van der Waals surface area (Å²) < 4.78 is 0. The van der Waals surface area contributed by atoms with Gasteiger partial charge in [0.05, 0.1) is 12.7 Å². The first-order chi connectivity index (χ1) is 9.61. The number of aliphatic hydroxyl groups excluding tert-OH is 2. The van der Waals surface area contributed by atoms with Gasteiger partial charge in [0.25, 0.3) is 0 Å². The summed E-state index contributed by atoms with van der Waals surface area (Å²) >= 11 is 0. The molecule has 5 nitrogen and oxygen atoms in total. The van der Waals surface area contributed by atoms with Gasteiger partial charge in [0.1, 0.15) is 5.82 Å². The Morgan fingerprint density at radius 3 is 2.95 bits per heavy atom. The maximum absolute atomic E-state index is 10.4. The normalized spacial score (nSPS) is 27.6. The van der Waals surface area contributed by atoms with Gasteiger partial charge < -0.3 is 15.9 Å². The summed E-state index contributed by atoms with van der Waals surface area (Å²) in [4.78, 5) is 6.27. The summed E-state index contributed by atoms with van der Waals surface area (Å²) in [7, 11) is 0. The lowest BCUT2D eigenvalue weighted by Gasteiger charge is -2.44. The van der Waals surface area contributed by atoms with Gasteiger partial charge in [-0.3, -0.25) is 4.90 Å². The lowest BCUT2D eigenvalue weighted by molar-refractivity contribution is -0.0802. The fourth-order valence-electron chi connectivity index (χ4n) is 3.10. The number of rotatable bonds is 5. The Morgan fingerprint density at radius 1 is 1.55 bits per heavy atom. The van der Waals surface area contributed by atoms with E-state index in [1.165, 1.54) is 0 Å². The number of likely N-dealkylation sites (tertiary alicyclic amines) is 1. The van der Waals surface area contributed by atoms with Crippen molar-refractivity contribution in [2.75, 3.05) is 25.4 Å². The Balaban J connectivity index is 2.00. The molecule has 0 unspecified atom stereocenters. The molecule has 0 saturated carbocycles. The van der Waals surface area contributed by atoms with Crippen LogP contribution in [0.15, 0.2) is 18.3 Å². The summed E-state index contributed by atoms with van der Waals surface area (Å²) in [6.07, 6.45) is 3.86. The van der Waals surface area contributed by atoms with Crippen LogP contribution in [-0.2, 0) is 6.54 Å². The third-order valence-electron chi connectivity index (χ3n) is 4.45. The second-order valence-corrected chi connectivity index (χ2v) is 5.82. The quantitative estimate of drug-likeness (QED) is 0.749. The fourth-order valence-corrected chi connectivity index (χ4v) is 3.10.